The Bertz CT molecular complexity index is 896. The van der Waals surface area contributed by atoms with Crippen LogP contribution < -0.4 is 15.5 Å². The first kappa shape index (κ1) is 15.9. The highest BCUT2D eigenvalue weighted by molar-refractivity contribution is 6.32. The SMILES string of the molecule is O=C(Nc1cn[nH]c1Cl)c1ccc2cnc(N3CCCNCC3)nn12. The lowest BCUT2D eigenvalue weighted by atomic mass is 10.4. The lowest BCUT2D eigenvalue weighted by molar-refractivity contribution is 0.102. The monoisotopic (exact) mass is 360 g/mol. The third-order valence-corrected chi connectivity index (χ3v) is 4.37. The number of H-pyrrole nitrogens is 1. The molecule has 0 aromatic carbocycles. The zero-order chi connectivity index (χ0) is 17.2. The Balaban J connectivity index is 1.64. The molecule has 0 atom stereocenters. The molecule has 3 aromatic heterocycles. The van der Waals surface area contributed by atoms with Gasteiger partial charge in [-0.05, 0) is 25.1 Å². The fraction of sp³-hybridized carbons (Fsp3) is 0.333. The molecular formula is C15H17ClN8O. The summed E-state index contributed by atoms with van der Waals surface area (Å²) in [6, 6.07) is 3.51. The molecule has 4 heterocycles. The van der Waals surface area contributed by atoms with Crippen molar-refractivity contribution in [3.05, 3.63) is 35.4 Å². The minimum Gasteiger partial charge on any atom is -0.338 e. The first-order valence-electron chi connectivity index (χ1n) is 8.03. The number of amides is 1. The highest BCUT2D eigenvalue weighted by atomic mass is 35.5. The van der Waals surface area contributed by atoms with E-state index in [2.05, 4.69) is 35.8 Å². The first-order chi connectivity index (χ1) is 12.2. The molecule has 0 unspecified atom stereocenters. The molecule has 3 N–H and O–H groups in total. The molecule has 10 heteroatoms. The van der Waals surface area contributed by atoms with Crippen LogP contribution >= 0.6 is 11.6 Å². The number of hydrogen-bond donors (Lipinski definition) is 3. The van der Waals surface area contributed by atoms with Crippen LogP contribution in [-0.2, 0) is 0 Å². The van der Waals surface area contributed by atoms with E-state index in [0.717, 1.165) is 38.1 Å². The van der Waals surface area contributed by atoms with Gasteiger partial charge in [0.1, 0.15) is 10.8 Å². The summed E-state index contributed by atoms with van der Waals surface area (Å²) in [6.07, 6.45) is 4.21. The Morgan fingerprint density at radius 3 is 3.00 bits per heavy atom. The van der Waals surface area contributed by atoms with Crippen LogP contribution in [0.1, 0.15) is 16.9 Å². The second-order valence-electron chi connectivity index (χ2n) is 5.76. The zero-order valence-corrected chi connectivity index (χ0v) is 14.1. The molecule has 25 heavy (non-hydrogen) atoms. The number of anilines is 2. The Kier molecular flexibility index (Phi) is 4.24. The van der Waals surface area contributed by atoms with Crippen LogP contribution in [-0.4, -0.2) is 56.9 Å². The van der Waals surface area contributed by atoms with Crippen LogP contribution in [0, 0.1) is 0 Å². The Labute approximate surface area is 148 Å². The molecule has 1 aliphatic rings. The molecule has 9 nitrogen and oxygen atoms in total. The van der Waals surface area contributed by atoms with E-state index in [-0.39, 0.29) is 11.1 Å². The predicted octanol–water partition coefficient (Wildman–Crippen LogP) is 1.16. The van der Waals surface area contributed by atoms with Crippen LogP contribution in [0.15, 0.2) is 24.5 Å². The van der Waals surface area contributed by atoms with Crippen molar-refractivity contribution in [2.45, 2.75) is 6.42 Å². The van der Waals surface area contributed by atoms with Gasteiger partial charge in [0.2, 0.25) is 5.95 Å². The summed E-state index contributed by atoms with van der Waals surface area (Å²) in [5, 5.41) is 17.3. The Morgan fingerprint density at radius 2 is 2.16 bits per heavy atom. The predicted molar refractivity (Wildman–Crippen MR) is 94.2 cm³/mol. The summed E-state index contributed by atoms with van der Waals surface area (Å²) in [6.45, 7) is 3.59. The molecule has 4 rings (SSSR count). The molecule has 0 aliphatic carbocycles. The van der Waals surface area contributed by atoms with Gasteiger partial charge in [-0.25, -0.2) is 9.50 Å². The van der Waals surface area contributed by atoms with E-state index in [4.69, 9.17) is 11.6 Å². The number of aromatic amines is 1. The molecule has 3 aromatic rings. The average Bonchev–Trinajstić information content (AvgIpc) is 3.11. The second kappa shape index (κ2) is 6.69. The van der Waals surface area contributed by atoms with E-state index >= 15 is 0 Å². The van der Waals surface area contributed by atoms with E-state index < -0.39 is 0 Å². The summed E-state index contributed by atoms with van der Waals surface area (Å²) in [5.74, 6) is 0.299. The van der Waals surface area contributed by atoms with Gasteiger partial charge in [-0.3, -0.25) is 9.89 Å². The van der Waals surface area contributed by atoms with Crippen LogP contribution in [0.25, 0.3) is 5.52 Å². The van der Waals surface area contributed by atoms with Gasteiger partial charge in [-0.2, -0.15) is 5.10 Å². The van der Waals surface area contributed by atoms with Gasteiger partial charge in [0.25, 0.3) is 5.91 Å². The first-order valence-corrected chi connectivity index (χ1v) is 8.41. The van der Waals surface area contributed by atoms with E-state index in [0.29, 0.717) is 17.3 Å². The van der Waals surface area contributed by atoms with Crippen LogP contribution in [0.3, 0.4) is 0 Å². The maximum atomic E-state index is 12.6. The quantitative estimate of drug-likeness (QED) is 0.647. The van der Waals surface area contributed by atoms with Crippen LogP contribution in [0.4, 0.5) is 11.6 Å². The van der Waals surface area contributed by atoms with Crippen molar-refractivity contribution in [1.29, 1.82) is 0 Å². The van der Waals surface area contributed by atoms with Crippen molar-refractivity contribution in [3.8, 4) is 0 Å². The third-order valence-electron chi connectivity index (χ3n) is 4.08. The number of hydrogen-bond acceptors (Lipinski definition) is 6. The topological polar surface area (TPSA) is 103 Å². The second-order valence-corrected chi connectivity index (χ2v) is 6.13. The molecule has 0 radical (unpaired) electrons. The molecule has 1 fully saturated rings. The van der Waals surface area contributed by atoms with Crippen LogP contribution in [0.5, 0.6) is 0 Å². The van der Waals surface area contributed by atoms with Crippen molar-refractivity contribution >= 4 is 34.7 Å². The van der Waals surface area contributed by atoms with Gasteiger partial charge in [-0.1, -0.05) is 11.6 Å². The zero-order valence-electron chi connectivity index (χ0n) is 13.4. The highest BCUT2D eigenvalue weighted by Gasteiger charge is 2.17. The number of carbonyl (C=O) groups is 1. The number of rotatable bonds is 3. The Morgan fingerprint density at radius 1 is 1.24 bits per heavy atom. The lowest BCUT2D eigenvalue weighted by Gasteiger charge is -2.19. The summed E-state index contributed by atoms with van der Waals surface area (Å²) in [7, 11) is 0. The summed E-state index contributed by atoms with van der Waals surface area (Å²) in [4.78, 5) is 19.1. The number of fused-ring (bicyclic) bond motifs is 1. The molecule has 1 aliphatic heterocycles. The van der Waals surface area contributed by atoms with E-state index in [1.54, 1.807) is 22.8 Å². The molecule has 130 valence electrons. The van der Waals surface area contributed by atoms with Gasteiger partial charge in [0, 0.05) is 19.6 Å². The van der Waals surface area contributed by atoms with Crippen molar-refractivity contribution in [2.24, 2.45) is 0 Å². The highest BCUT2D eigenvalue weighted by Crippen LogP contribution is 2.19. The molecule has 0 spiro atoms. The number of aromatic nitrogens is 5. The minimum absolute atomic E-state index is 0.279. The maximum Gasteiger partial charge on any atom is 0.274 e. The largest absolute Gasteiger partial charge is 0.338 e. The fourth-order valence-electron chi connectivity index (χ4n) is 2.80. The number of halogens is 1. The normalized spacial score (nSPS) is 15.3. The summed E-state index contributed by atoms with van der Waals surface area (Å²) < 4.78 is 1.60. The van der Waals surface area contributed by atoms with Gasteiger partial charge in [0.15, 0.2) is 0 Å². The maximum absolute atomic E-state index is 12.6. The molecule has 1 saturated heterocycles. The fourth-order valence-corrected chi connectivity index (χ4v) is 2.94. The smallest absolute Gasteiger partial charge is 0.274 e. The van der Waals surface area contributed by atoms with Gasteiger partial charge in [-0.15, -0.1) is 5.10 Å². The van der Waals surface area contributed by atoms with Gasteiger partial charge < -0.3 is 15.5 Å². The van der Waals surface area contributed by atoms with E-state index in [1.807, 2.05) is 0 Å². The summed E-state index contributed by atoms with van der Waals surface area (Å²) >= 11 is 5.93. The van der Waals surface area contributed by atoms with Gasteiger partial charge >= 0.3 is 0 Å². The van der Waals surface area contributed by atoms with Crippen molar-refractivity contribution in [1.82, 2.24) is 30.1 Å². The van der Waals surface area contributed by atoms with E-state index in [9.17, 15) is 4.79 Å². The number of carbonyl (C=O) groups excluding carboxylic acids is 1. The number of nitrogens with zero attached hydrogens (tertiary/aromatic N) is 5. The van der Waals surface area contributed by atoms with Crippen molar-refractivity contribution in [3.63, 3.8) is 0 Å². The minimum atomic E-state index is -0.314. The third kappa shape index (κ3) is 3.15. The van der Waals surface area contributed by atoms with Crippen molar-refractivity contribution in [2.75, 3.05) is 36.4 Å². The molecule has 0 bridgehead atoms. The Hall–Kier alpha value is -2.65. The lowest BCUT2D eigenvalue weighted by Crippen LogP contribution is -2.30. The molecule has 0 saturated carbocycles. The van der Waals surface area contributed by atoms with Gasteiger partial charge in [0.05, 0.1) is 23.6 Å². The number of nitrogens with one attached hydrogen (secondary N) is 3. The van der Waals surface area contributed by atoms with Crippen molar-refractivity contribution < 1.29 is 4.79 Å². The molecule has 1 amide bonds. The average molecular weight is 361 g/mol. The summed E-state index contributed by atoms with van der Waals surface area (Å²) in [5.41, 5.74) is 1.58. The standard InChI is InChI=1S/C15H17ClN8O/c16-13-11(9-19-21-13)20-14(25)12-3-2-10-8-18-15(22-24(10)12)23-6-1-4-17-5-7-23/h2-3,8-9,17H,1,4-7H2,(H,19,21)(H,20,25). The van der Waals surface area contributed by atoms with E-state index in [1.165, 1.54) is 6.20 Å². The molecular weight excluding hydrogens is 344 g/mol. The van der Waals surface area contributed by atoms with Crippen LogP contribution in [0.2, 0.25) is 5.15 Å².